The van der Waals surface area contributed by atoms with Crippen LogP contribution in [0.4, 0.5) is 28.0 Å². The van der Waals surface area contributed by atoms with Crippen molar-refractivity contribution in [1.29, 1.82) is 0 Å². The molecule has 0 radical (unpaired) electrons. The summed E-state index contributed by atoms with van der Waals surface area (Å²) < 4.78 is 62.3. The Balaban J connectivity index is 1.42. The summed E-state index contributed by atoms with van der Waals surface area (Å²) in [4.78, 5) is 51.2. The fourth-order valence-electron chi connectivity index (χ4n) is 5.51. The number of ether oxygens (including phenoxy) is 1. The van der Waals surface area contributed by atoms with Crippen LogP contribution in [-0.2, 0) is 20.7 Å². The molecule has 4 amide bonds. The molecule has 0 saturated heterocycles. The molecule has 2 fully saturated rings. The number of anilines is 1. The second kappa shape index (κ2) is 14.3. The summed E-state index contributed by atoms with van der Waals surface area (Å²) in [5.41, 5.74) is -0.782. The fraction of sp³-hybridized carbons (Fsp3) is 0.594. The van der Waals surface area contributed by atoms with E-state index >= 15 is 4.39 Å². The van der Waals surface area contributed by atoms with Gasteiger partial charge in [-0.15, -0.1) is 0 Å². The number of amides is 4. The van der Waals surface area contributed by atoms with Crippen molar-refractivity contribution < 1.29 is 41.5 Å². The first-order valence-electron chi connectivity index (χ1n) is 15.7. The minimum Gasteiger partial charge on any atom is -0.444 e. The lowest BCUT2D eigenvalue weighted by Gasteiger charge is -2.28. The maximum Gasteiger partial charge on any atom is 0.410 e. The molecule has 2 saturated carbocycles. The van der Waals surface area contributed by atoms with Gasteiger partial charge in [-0.1, -0.05) is 6.07 Å². The number of benzene rings is 1. The van der Waals surface area contributed by atoms with Gasteiger partial charge in [0.1, 0.15) is 29.2 Å². The van der Waals surface area contributed by atoms with Gasteiger partial charge >= 0.3 is 12.3 Å². The molecule has 2 atom stereocenters. The molecule has 47 heavy (non-hydrogen) atoms. The van der Waals surface area contributed by atoms with Crippen molar-refractivity contribution in [3.8, 4) is 0 Å². The first-order valence-corrected chi connectivity index (χ1v) is 15.7. The van der Waals surface area contributed by atoms with Gasteiger partial charge in [0, 0.05) is 12.2 Å². The van der Waals surface area contributed by atoms with Crippen molar-refractivity contribution >= 4 is 29.5 Å². The van der Waals surface area contributed by atoms with E-state index in [4.69, 9.17) is 4.74 Å². The summed E-state index contributed by atoms with van der Waals surface area (Å²) in [6.07, 6.45) is -1.33. The highest BCUT2D eigenvalue weighted by atomic mass is 19.4. The number of hydrogen-bond donors (Lipinski definition) is 4. The molecule has 0 bridgehead atoms. The number of alkyl carbamates (subject to hydrolysis) is 1. The van der Waals surface area contributed by atoms with Crippen LogP contribution in [0, 0.1) is 23.6 Å². The lowest BCUT2D eigenvalue weighted by molar-refractivity contribution is -0.160. The van der Waals surface area contributed by atoms with E-state index < -0.39 is 66.5 Å². The van der Waals surface area contributed by atoms with E-state index in [1.165, 1.54) is 18.3 Å². The normalized spacial score (nSPS) is 16.4. The maximum absolute atomic E-state index is 15.2. The van der Waals surface area contributed by atoms with Crippen LogP contribution in [-0.4, -0.2) is 64.0 Å². The number of hydrogen-bond acceptors (Lipinski definition) is 6. The van der Waals surface area contributed by atoms with E-state index in [1.807, 2.05) is 24.5 Å². The quantitative estimate of drug-likeness (QED) is 0.224. The SMILES string of the molecule is CC(C)n1nccc1C(=O)NC(C(=O)Nc1ccc(CC(=O)NC(CNC(=O)OC(C)(C)C)C(F)(F)F)cc1F)C(C1CC1)C1CC1. The average molecular weight is 667 g/mol. The number of nitrogens with one attached hydrogen (secondary N) is 4. The molecule has 1 aromatic heterocycles. The molecular weight excluding hydrogens is 624 g/mol. The Bertz CT molecular complexity index is 1450. The van der Waals surface area contributed by atoms with Gasteiger partial charge in [-0.3, -0.25) is 19.1 Å². The van der Waals surface area contributed by atoms with Crippen LogP contribution in [0.3, 0.4) is 0 Å². The van der Waals surface area contributed by atoms with Gasteiger partial charge in [0.05, 0.1) is 18.7 Å². The Morgan fingerprint density at radius 1 is 1.00 bits per heavy atom. The number of carbonyl (C=O) groups is 4. The summed E-state index contributed by atoms with van der Waals surface area (Å²) in [6.45, 7) is 7.42. The summed E-state index contributed by atoms with van der Waals surface area (Å²) >= 11 is 0. The van der Waals surface area contributed by atoms with Gasteiger partial charge < -0.3 is 26.0 Å². The van der Waals surface area contributed by atoms with Crippen molar-refractivity contribution in [3.05, 3.63) is 47.5 Å². The molecular formula is C32H42F4N6O5. The zero-order valence-corrected chi connectivity index (χ0v) is 27.0. The molecule has 15 heteroatoms. The largest absolute Gasteiger partial charge is 0.444 e. The third kappa shape index (κ3) is 10.2. The van der Waals surface area contributed by atoms with Crippen molar-refractivity contribution in [2.75, 3.05) is 11.9 Å². The Morgan fingerprint density at radius 2 is 1.64 bits per heavy atom. The van der Waals surface area contributed by atoms with Gasteiger partial charge in [-0.2, -0.15) is 18.3 Å². The van der Waals surface area contributed by atoms with Gasteiger partial charge in [0.15, 0.2) is 0 Å². The number of rotatable bonds is 13. The summed E-state index contributed by atoms with van der Waals surface area (Å²) in [5, 5.41) is 13.4. The predicted molar refractivity (Wildman–Crippen MR) is 164 cm³/mol. The average Bonchev–Trinajstić information content (AvgIpc) is 3.89. The van der Waals surface area contributed by atoms with E-state index in [2.05, 4.69) is 15.7 Å². The minimum absolute atomic E-state index is 0.0552. The third-order valence-electron chi connectivity index (χ3n) is 7.91. The second-order valence-electron chi connectivity index (χ2n) is 13.5. The summed E-state index contributed by atoms with van der Waals surface area (Å²) in [7, 11) is 0. The van der Waals surface area contributed by atoms with Gasteiger partial charge in [-0.25, -0.2) is 9.18 Å². The Labute approximate surface area is 270 Å². The minimum atomic E-state index is -4.89. The van der Waals surface area contributed by atoms with Crippen LogP contribution < -0.4 is 21.3 Å². The first kappa shape index (κ1) is 35.7. The van der Waals surface area contributed by atoms with Gasteiger partial charge in [0.25, 0.3) is 5.91 Å². The molecule has 0 spiro atoms. The summed E-state index contributed by atoms with van der Waals surface area (Å²) in [5.74, 6) is -2.62. The van der Waals surface area contributed by atoms with Crippen molar-refractivity contribution in [2.45, 2.75) is 96.6 Å². The highest BCUT2D eigenvalue weighted by Gasteiger charge is 2.48. The van der Waals surface area contributed by atoms with Gasteiger partial charge in [0.2, 0.25) is 11.8 Å². The van der Waals surface area contributed by atoms with Crippen LogP contribution in [0.5, 0.6) is 0 Å². The molecule has 2 unspecified atom stereocenters. The predicted octanol–water partition coefficient (Wildman–Crippen LogP) is 4.89. The topological polar surface area (TPSA) is 143 Å². The van der Waals surface area contributed by atoms with Crippen molar-refractivity contribution in [1.82, 2.24) is 25.7 Å². The highest BCUT2D eigenvalue weighted by Crippen LogP contribution is 2.51. The molecule has 2 aliphatic rings. The van der Waals surface area contributed by atoms with Crippen LogP contribution in [0.25, 0.3) is 0 Å². The zero-order chi connectivity index (χ0) is 34.7. The number of nitrogens with zero attached hydrogens (tertiary/aromatic N) is 2. The molecule has 258 valence electrons. The Hall–Kier alpha value is -4.17. The van der Waals surface area contributed by atoms with Crippen LogP contribution in [0.2, 0.25) is 0 Å². The highest BCUT2D eigenvalue weighted by molar-refractivity contribution is 6.01. The number of halogens is 4. The summed E-state index contributed by atoms with van der Waals surface area (Å²) in [6, 6.07) is 1.61. The first-order chi connectivity index (χ1) is 21.9. The lowest BCUT2D eigenvalue weighted by Crippen LogP contribution is -2.52. The third-order valence-corrected chi connectivity index (χ3v) is 7.91. The fourth-order valence-corrected chi connectivity index (χ4v) is 5.51. The molecule has 11 nitrogen and oxygen atoms in total. The smallest absolute Gasteiger partial charge is 0.410 e. The Kier molecular flexibility index (Phi) is 10.9. The molecule has 0 aliphatic heterocycles. The van der Waals surface area contributed by atoms with Gasteiger partial charge in [-0.05, 0) is 102 Å². The van der Waals surface area contributed by atoms with E-state index in [9.17, 15) is 32.3 Å². The maximum atomic E-state index is 15.2. The van der Waals surface area contributed by atoms with E-state index in [1.54, 1.807) is 31.5 Å². The molecule has 2 aliphatic carbocycles. The lowest BCUT2D eigenvalue weighted by atomic mass is 9.88. The number of alkyl halides is 3. The van der Waals surface area contributed by atoms with Crippen molar-refractivity contribution in [3.63, 3.8) is 0 Å². The molecule has 2 aromatic rings. The van der Waals surface area contributed by atoms with Crippen LogP contribution >= 0.6 is 0 Å². The number of carbonyl (C=O) groups excluding carboxylic acids is 4. The Morgan fingerprint density at radius 3 is 2.17 bits per heavy atom. The standard InChI is InChI=1S/C32H42F4N6O5/c1-17(2)42-23(12-13-38-42)28(44)41-27(26(19-7-8-19)20-9-10-20)29(45)39-22-11-6-18(14-21(22)33)15-25(43)40-24(32(34,35)36)16-37-30(46)47-31(3,4)5/h6,11-14,17,19-20,24,26-27H,7-10,15-16H2,1-5H3,(H,37,46)(H,39,45)(H,40,43)(H,41,44). The van der Waals surface area contributed by atoms with E-state index in [0.29, 0.717) is 5.69 Å². The molecule has 1 heterocycles. The molecule has 4 rings (SSSR count). The van der Waals surface area contributed by atoms with Crippen molar-refractivity contribution in [2.24, 2.45) is 17.8 Å². The second-order valence-corrected chi connectivity index (χ2v) is 13.5. The van der Waals surface area contributed by atoms with E-state index in [-0.39, 0.29) is 35.0 Å². The van der Waals surface area contributed by atoms with Crippen LogP contribution in [0.15, 0.2) is 30.5 Å². The number of aromatic nitrogens is 2. The van der Waals surface area contributed by atoms with Crippen LogP contribution in [0.1, 0.15) is 82.4 Å². The monoisotopic (exact) mass is 666 g/mol. The molecule has 4 N–H and O–H groups in total. The molecule has 1 aromatic carbocycles. The zero-order valence-electron chi connectivity index (χ0n) is 27.0. The van der Waals surface area contributed by atoms with E-state index in [0.717, 1.165) is 31.7 Å².